The first-order chi connectivity index (χ1) is 10.4. The molecule has 1 N–H and O–H groups in total. The first kappa shape index (κ1) is 15.8. The predicted molar refractivity (Wildman–Crippen MR) is 95.5 cm³/mol. The minimum atomic E-state index is 0. The summed E-state index contributed by atoms with van der Waals surface area (Å²) in [6.45, 7) is 0. The quantitative estimate of drug-likeness (QED) is 0.545. The van der Waals surface area contributed by atoms with E-state index in [1.807, 2.05) is 12.4 Å². The van der Waals surface area contributed by atoms with Crippen molar-refractivity contribution in [1.82, 2.24) is 4.98 Å². The Kier molecular flexibility index (Phi) is 5.02. The van der Waals surface area contributed by atoms with Gasteiger partial charge in [-0.2, -0.15) is 0 Å². The van der Waals surface area contributed by atoms with Gasteiger partial charge in [-0.15, -0.1) is 0 Å². The monoisotopic (exact) mass is 299 g/mol. The summed E-state index contributed by atoms with van der Waals surface area (Å²) < 4.78 is 0. The Morgan fingerprint density at radius 2 is 1.73 bits per heavy atom. The van der Waals surface area contributed by atoms with Crippen molar-refractivity contribution >= 4 is 56.8 Å². The van der Waals surface area contributed by atoms with E-state index in [1.54, 1.807) is 0 Å². The first-order valence-corrected chi connectivity index (χ1v) is 7.94. The summed E-state index contributed by atoms with van der Waals surface area (Å²) in [5.74, 6) is 0. The van der Waals surface area contributed by atoms with Gasteiger partial charge in [-0.3, -0.25) is 4.98 Å². The molecule has 1 fully saturated rings. The Morgan fingerprint density at radius 1 is 0.909 bits per heavy atom. The van der Waals surface area contributed by atoms with Crippen LogP contribution in [0.1, 0.15) is 32.1 Å². The second-order valence-electron chi connectivity index (χ2n) is 6.05. The number of hydrogen-bond acceptors (Lipinski definition) is 2. The Labute approximate surface area is 153 Å². The minimum Gasteiger partial charge on any atom is -0.382 e. The average molecular weight is 299 g/mol. The number of nitrogens with one attached hydrogen (secondary N) is 1. The maximum Gasteiger partial charge on any atom is 0.0429 e. The Balaban J connectivity index is 0.00000144. The fourth-order valence-corrected chi connectivity index (χ4v) is 3.53. The molecule has 1 aliphatic rings. The maximum atomic E-state index is 4.32. The molecule has 1 saturated carbocycles. The zero-order valence-electron chi connectivity index (χ0n) is 13.2. The standard InChI is InChI=1S/C19H20N2.Na/c1-2-7-15(8-3-1)21-19-12-14-6-4-5-9-16(14)18-13-20-11-10-17(18)19;/h4-6,9-13,15,21H,1-3,7-8H2;. The molecule has 1 aromatic heterocycles. The molecule has 0 saturated heterocycles. The van der Waals surface area contributed by atoms with Crippen molar-refractivity contribution in [2.75, 3.05) is 5.32 Å². The molecule has 4 rings (SSSR count). The summed E-state index contributed by atoms with van der Waals surface area (Å²) >= 11 is 0. The third-order valence-electron chi connectivity index (χ3n) is 4.63. The molecule has 1 radical (unpaired) electrons. The molecule has 0 bridgehead atoms. The van der Waals surface area contributed by atoms with Gasteiger partial charge in [-0.05, 0) is 35.7 Å². The van der Waals surface area contributed by atoms with E-state index in [0.29, 0.717) is 6.04 Å². The average Bonchev–Trinajstić information content (AvgIpc) is 2.56. The number of benzene rings is 2. The minimum absolute atomic E-state index is 0. The molecule has 2 aromatic carbocycles. The van der Waals surface area contributed by atoms with Gasteiger partial charge in [0.2, 0.25) is 0 Å². The van der Waals surface area contributed by atoms with E-state index in [9.17, 15) is 0 Å². The molecule has 107 valence electrons. The van der Waals surface area contributed by atoms with Crippen molar-refractivity contribution in [3.8, 4) is 0 Å². The number of aromatic nitrogens is 1. The molecule has 2 nitrogen and oxygen atoms in total. The van der Waals surface area contributed by atoms with Crippen molar-refractivity contribution in [2.24, 2.45) is 0 Å². The molecular formula is C19H20N2Na. The first-order valence-electron chi connectivity index (χ1n) is 7.94. The van der Waals surface area contributed by atoms with E-state index in [2.05, 4.69) is 46.7 Å². The van der Waals surface area contributed by atoms with E-state index in [1.165, 1.54) is 59.3 Å². The summed E-state index contributed by atoms with van der Waals surface area (Å²) in [4.78, 5) is 4.32. The molecule has 0 aliphatic heterocycles. The van der Waals surface area contributed by atoms with Crippen LogP contribution in [0.25, 0.3) is 21.5 Å². The fraction of sp³-hybridized carbons (Fsp3) is 0.316. The number of pyridine rings is 1. The van der Waals surface area contributed by atoms with Crippen LogP contribution in [0.3, 0.4) is 0 Å². The van der Waals surface area contributed by atoms with E-state index < -0.39 is 0 Å². The number of hydrogen-bond donors (Lipinski definition) is 1. The smallest absolute Gasteiger partial charge is 0.0429 e. The van der Waals surface area contributed by atoms with Crippen molar-refractivity contribution in [3.63, 3.8) is 0 Å². The molecule has 3 aromatic rings. The summed E-state index contributed by atoms with van der Waals surface area (Å²) in [5, 5.41) is 8.89. The predicted octanol–water partition coefficient (Wildman–Crippen LogP) is 4.75. The second kappa shape index (κ2) is 6.99. The topological polar surface area (TPSA) is 24.9 Å². The third-order valence-corrected chi connectivity index (χ3v) is 4.63. The number of anilines is 1. The van der Waals surface area contributed by atoms with Crippen LogP contribution in [0.15, 0.2) is 48.8 Å². The van der Waals surface area contributed by atoms with E-state index in [-0.39, 0.29) is 29.6 Å². The van der Waals surface area contributed by atoms with Crippen LogP contribution in [0, 0.1) is 0 Å². The molecule has 3 heteroatoms. The van der Waals surface area contributed by atoms with Crippen LogP contribution in [0.4, 0.5) is 5.69 Å². The fourth-order valence-electron chi connectivity index (χ4n) is 3.53. The van der Waals surface area contributed by atoms with Crippen LogP contribution < -0.4 is 5.32 Å². The van der Waals surface area contributed by atoms with Gasteiger partial charge in [-0.1, -0.05) is 43.5 Å². The molecule has 0 spiro atoms. The van der Waals surface area contributed by atoms with E-state index >= 15 is 0 Å². The van der Waals surface area contributed by atoms with Crippen LogP contribution in [-0.4, -0.2) is 40.6 Å². The molecular weight excluding hydrogens is 279 g/mol. The van der Waals surface area contributed by atoms with Crippen molar-refractivity contribution in [1.29, 1.82) is 0 Å². The van der Waals surface area contributed by atoms with Crippen molar-refractivity contribution in [3.05, 3.63) is 48.8 Å². The van der Waals surface area contributed by atoms with Gasteiger partial charge in [-0.25, -0.2) is 0 Å². The summed E-state index contributed by atoms with van der Waals surface area (Å²) in [5.41, 5.74) is 1.26. The van der Waals surface area contributed by atoms with Crippen LogP contribution in [0.2, 0.25) is 0 Å². The molecule has 0 unspecified atom stereocenters. The molecule has 0 atom stereocenters. The van der Waals surface area contributed by atoms with E-state index in [4.69, 9.17) is 0 Å². The van der Waals surface area contributed by atoms with Gasteiger partial charge >= 0.3 is 0 Å². The maximum absolute atomic E-state index is 4.32. The largest absolute Gasteiger partial charge is 0.382 e. The Bertz CT molecular complexity index is 779. The summed E-state index contributed by atoms with van der Waals surface area (Å²) in [6, 6.07) is 13.6. The van der Waals surface area contributed by atoms with Gasteiger partial charge in [0, 0.05) is 64.5 Å². The van der Waals surface area contributed by atoms with Crippen molar-refractivity contribution in [2.45, 2.75) is 38.1 Å². The number of rotatable bonds is 2. The molecule has 1 aliphatic carbocycles. The molecule has 22 heavy (non-hydrogen) atoms. The SMILES string of the molecule is [Na].c1ccc2c(c1)cc(NC1CCCCC1)c1ccncc12. The van der Waals surface area contributed by atoms with Gasteiger partial charge in [0.15, 0.2) is 0 Å². The summed E-state index contributed by atoms with van der Waals surface area (Å²) in [7, 11) is 0. The second-order valence-corrected chi connectivity index (χ2v) is 6.05. The van der Waals surface area contributed by atoms with E-state index in [0.717, 1.165) is 0 Å². The van der Waals surface area contributed by atoms with Crippen LogP contribution in [-0.2, 0) is 0 Å². The zero-order valence-corrected chi connectivity index (χ0v) is 15.2. The van der Waals surface area contributed by atoms with Crippen LogP contribution >= 0.6 is 0 Å². The molecule has 1 heterocycles. The number of nitrogens with zero attached hydrogens (tertiary/aromatic N) is 1. The van der Waals surface area contributed by atoms with Gasteiger partial charge in [0.25, 0.3) is 0 Å². The summed E-state index contributed by atoms with van der Waals surface area (Å²) in [6.07, 6.45) is 10.6. The van der Waals surface area contributed by atoms with Crippen molar-refractivity contribution < 1.29 is 0 Å². The van der Waals surface area contributed by atoms with Gasteiger partial charge < -0.3 is 5.32 Å². The normalized spacial score (nSPS) is 15.6. The Hall–Kier alpha value is -1.09. The zero-order chi connectivity index (χ0) is 14.1. The Morgan fingerprint density at radius 3 is 2.59 bits per heavy atom. The van der Waals surface area contributed by atoms with Crippen LogP contribution in [0.5, 0.6) is 0 Å². The van der Waals surface area contributed by atoms with Gasteiger partial charge in [0.1, 0.15) is 0 Å². The third kappa shape index (κ3) is 3.01. The molecule has 0 amide bonds. The van der Waals surface area contributed by atoms with Gasteiger partial charge in [0.05, 0.1) is 0 Å². The number of fused-ring (bicyclic) bond motifs is 3.